The summed E-state index contributed by atoms with van der Waals surface area (Å²) in [5.74, 6) is 0.131. The number of carbonyl (C=O) groups excluding carboxylic acids is 1. The first-order valence-corrected chi connectivity index (χ1v) is 6.32. The van der Waals surface area contributed by atoms with Crippen LogP contribution in [0.2, 0.25) is 0 Å². The predicted molar refractivity (Wildman–Crippen MR) is 69.7 cm³/mol. The lowest BCUT2D eigenvalue weighted by Gasteiger charge is -2.09. The van der Waals surface area contributed by atoms with Crippen LogP contribution in [0.3, 0.4) is 0 Å². The molecule has 0 N–H and O–H groups in total. The summed E-state index contributed by atoms with van der Waals surface area (Å²) in [4.78, 5) is 16.4. The number of pyridine rings is 1. The minimum Gasteiger partial charge on any atom is -0.378 e. The van der Waals surface area contributed by atoms with Crippen LogP contribution in [0.5, 0.6) is 0 Å². The van der Waals surface area contributed by atoms with Crippen molar-refractivity contribution in [2.75, 3.05) is 6.61 Å². The number of rotatable bonds is 3. The van der Waals surface area contributed by atoms with Crippen LogP contribution in [0.4, 0.5) is 0 Å². The summed E-state index contributed by atoms with van der Waals surface area (Å²) in [6.45, 7) is 0.783. The van der Waals surface area contributed by atoms with Gasteiger partial charge in [-0.2, -0.15) is 0 Å². The number of Topliss-reactive ketones (excluding diaryl/α,β-unsaturated/α-hetero) is 1. The normalized spacial score (nSPS) is 19.2. The maximum Gasteiger partial charge on any atom is 0.167 e. The van der Waals surface area contributed by atoms with Gasteiger partial charge in [-0.25, -0.2) is 0 Å². The van der Waals surface area contributed by atoms with E-state index in [4.69, 9.17) is 4.74 Å². The Morgan fingerprint density at radius 1 is 1.33 bits per heavy atom. The van der Waals surface area contributed by atoms with Crippen molar-refractivity contribution in [2.45, 2.75) is 25.4 Å². The third-order valence-corrected chi connectivity index (χ3v) is 3.41. The molecule has 2 heterocycles. The molecule has 0 spiro atoms. The van der Waals surface area contributed by atoms with Crippen LogP contribution >= 0.6 is 0 Å². The maximum atomic E-state index is 12.3. The number of carbonyl (C=O) groups is 1. The Morgan fingerprint density at radius 3 is 3.06 bits per heavy atom. The van der Waals surface area contributed by atoms with E-state index >= 15 is 0 Å². The highest BCUT2D eigenvalue weighted by Gasteiger charge is 2.21. The van der Waals surface area contributed by atoms with Gasteiger partial charge in [-0.05, 0) is 18.2 Å². The summed E-state index contributed by atoms with van der Waals surface area (Å²) < 4.78 is 5.52. The topological polar surface area (TPSA) is 39.2 Å². The number of nitrogens with zero attached hydrogens (tertiary/aromatic N) is 1. The first kappa shape index (κ1) is 11.4. The van der Waals surface area contributed by atoms with E-state index in [-0.39, 0.29) is 11.9 Å². The quantitative estimate of drug-likeness (QED) is 0.775. The smallest absolute Gasteiger partial charge is 0.167 e. The lowest BCUT2D eigenvalue weighted by Crippen LogP contribution is -2.13. The second-order valence-corrected chi connectivity index (χ2v) is 4.67. The van der Waals surface area contributed by atoms with Crippen LogP contribution in [0.1, 0.15) is 29.6 Å². The molecule has 18 heavy (non-hydrogen) atoms. The molecular weight excluding hydrogens is 226 g/mol. The molecule has 1 aliphatic rings. The lowest BCUT2D eigenvalue weighted by atomic mass is 10.00. The summed E-state index contributed by atoms with van der Waals surface area (Å²) >= 11 is 0. The highest BCUT2D eigenvalue weighted by molar-refractivity contribution is 6.07. The van der Waals surface area contributed by atoms with E-state index in [9.17, 15) is 4.79 Å². The number of hydrogen-bond acceptors (Lipinski definition) is 3. The van der Waals surface area contributed by atoms with E-state index < -0.39 is 0 Å². The number of ether oxygens (including phenoxy) is 1. The highest BCUT2D eigenvalue weighted by atomic mass is 16.5. The molecule has 1 atom stereocenters. The lowest BCUT2D eigenvalue weighted by molar-refractivity contribution is 0.0776. The van der Waals surface area contributed by atoms with Crippen LogP contribution in [0, 0.1) is 0 Å². The molecule has 2 aromatic rings. The number of fused-ring (bicyclic) bond motifs is 1. The molecule has 1 aromatic heterocycles. The van der Waals surface area contributed by atoms with Gasteiger partial charge in [-0.15, -0.1) is 0 Å². The van der Waals surface area contributed by atoms with Crippen molar-refractivity contribution in [1.29, 1.82) is 0 Å². The van der Waals surface area contributed by atoms with Gasteiger partial charge in [0.25, 0.3) is 0 Å². The van der Waals surface area contributed by atoms with Crippen molar-refractivity contribution in [3.8, 4) is 0 Å². The molecule has 1 aromatic carbocycles. The maximum absolute atomic E-state index is 12.3. The largest absolute Gasteiger partial charge is 0.378 e. The molecule has 0 bridgehead atoms. The third-order valence-electron chi connectivity index (χ3n) is 3.41. The molecule has 3 rings (SSSR count). The Morgan fingerprint density at radius 2 is 2.22 bits per heavy atom. The molecule has 1 fully saturated rings. The second kappa shape index (κ2) is 4.86. The number of aromatic nitrogens is 1. The van der Waals surface area contributed by atoms with E-state index in [2.05, 4.69) is 4.98 Å². The van der Waals surface area contributed by atoms with Gasteiger partial charge in [0.1, 0.15) is 0 Å². The summed E-state index contributed by atoms with van der Waals surface area (Å²) in [5, 5.41) is 1.99. The van der Waals surface area contributed by atoms with Crippen LogP contribution in [-0.4, -0.2) is 23.5 Å². The Hall–Kier alpha value is -1.74. The van der Waals surface area contributed by atoms with Crippen molar-refractivity contribution in [2.24, 2.45) is 0 Å². The van der Waals surface area contributed by atoms with Gasteiger partial charge < -0.3 is 4.74 Å². The monoisotopic (exact) mass is 241 g/mol. The summed E-state index contributed by atoms with van der Waals surface area (Å²) in [5.41, 5.74) is 0.712. The second-order valence-electron chi connectivity index (χ2n) is 4.67. The molecule has 0 saturated carbocycles. The van der Waals surface area contributed by atoms with E-state index in [0.717, 1.165) is 30.2 Å². The fraction of sp³-hybridized carbons (Fsp3) is 0.333. The summed E-state index contributed by atoms with van der Waals surface area (Å²) in [6, 6.07) is 7.86. The third kappa shape index (κ3) is 2.14. The van der Waals surface area contributed by atoms with Gasteiger partial charge in [0.2, 0.25) is 0 Å². The molecule has 92 valence electrons. The minimum atomic E-state index is 0.0940. The highest BCUT2D eigenvalue weighted by Crippen LogP contribution is 2.22. The molecule has 3 heteroatoms. The van der Waals surface area contributed by atoms with Crippen LogP contribution in [0.15, 0.2) is 36.7 Å². The van der Waals surface area contributed by atoms with E-state index in [1.54, 1.807) is 12.4 Å². The Balaban J connectivity index is 1.91. The van der Waals surface area contributed by atoms with Gasteiger partial charge >= 0.3 is 0 Å². The number of ketones is 1. The predicted octanol–water partition coefficient (Wildman–Crippen LogP) is 2.99. The van der Waals surface area contributed by atoms with Crippen molar-refractivity contribution in [1.82, 2.24) is 4.98 Å². The Bertz CT molecular complexity index is 568. The first-order chi connectivity index (χ1) is 8.84. The van der Waals surface area contributed by atoms with Crippen LogP contribution < -0.4 is 0 Å². The molecule has 0 aliphatic carbocycles. The average molecular weight is 241 g/mol. The zero-order valence-corrected chi connectivity index (χ0v) is 10.1. The minimum absolute atomic E-state index is 0.0940. The Kier molecular flexibility index (Phi) is 3.07. The van der Waals surface area contributed by atoms with Crippen molar-refractivity contribution >= 4 is 16.6 Å². The fourth-order valence-corrected chi connectivity index (χ4v) is 2.46. The zero-order valence-electron chi connectivity index (χ0n) is 10.1. The molecular formula is C15H15NO2. The van der Waals surface area contributed by atoms with Gasteiger partial charge in [0.05, 0.1) is 6.10 Å². The van der Waals surface area contributed by atoms with E-state index in [0.29, 0.717) is 12.0 Å². The average Bonchev–Trinajstić information content (AvgIpc) is 2.91. The summed E-state index contributed by atoms with van der Waals surface area (Å²) in [7, 11) is 0. The summed E-state index contributed by atoms with van der Waals surface area (Å²) in [6.07, 6.45) is 6.07. The van der Waals surface area contributed by atoms with Gasteiger partial charge in [-0.1, -0.05) is 24.3 Å². The standard InChI is InChI=1S/C15H15NO2/c17-15(8-12-5-3-7-18-12)14-10-16-9-11-4-1-2-6-13(11)14/h1-2,4,6,9-10,12H,3,5,7-8H2. The van der Waals surface area contributed by atoms with E-state index in [1.165, 1.54) is 0 Å². The first-order valence-electron chi connectivity index (χ1n) is 6.32. The molecule has 1 saturated heterocycles. The van der Waals surface area contributed by atoms with Gasteiger partial charge in [0, 0.05) is 36.4 Å². The SMILES string of the molecule is O=C(CC1CCCO1)c1cncc2ccccc12. The Labute approximate surface area is 106 Å². The van der Waals surface area contributed by atoms with Crippen molar-refractivity contribution in [3.63, 3.8) is 0 Å². The van der Waals surface area contributed by atoms with Gasteiger partial charge in [-0.3, -0.25) is 9.78 Å². The fourth-order valence-electron chi connectivity index (χ4n) is 2.46. The zero-order chi connectivity index (χ0) is 12.4. The molecule has 1 aliphatic heterocycles. The van der Waals surface area contributed by atoms with Crippen molar-refractivity contribution < 1.29 is 9.53 Å². The molecule has 0 amide bonds. The van der Waals surface area contributed by atoms with Crippen LogP contribution in [0.25, 0.3) is 10.8 Å². The van der Waals surface area contributed by atoms with Gasteiger partial charge in [0.15, 0.2) is 5.78 Å². The van der Waals surface area contributed by atoms with Crippen molar-refractivity contribution in [3.05, 3.63) is 42.2 Å². The number of benzene rings is 1. The molecule has 3 nitrogen and oxygen atoms in total. The molecule has 0 radical (unpaired) electrons. The van der Waals surface area contributed by atoms with Crippen LogP contribution in [-0.2, 0) is 4.74 Å². The van der Waals surface area contributed by atoms with E-state index in [1.807, 2.05) is 24.3 Å². The molecule has 1 unspecified atom stereocenters. The number of hydrogen-bond donors (Lipinski definition) is 0.